The minimum atomic E-state index is -0.576. The Bertz CT molecular complexity index is 346. The van der Waals surface area contributed by atoms with Crippen molar-refractivity contribution in [1.29, 1.82) is 0 Å². The average molecular weight is 242 g/mol. The van der Waals surface area contributed by atoms with E-state index in [2.05, 4.69) is 18.7 Å². The molecule has 1 rings (SSSR count). The molecular formula is C13H20F2N2. The van der Waals surface area contributed by atoms with E-state index in [0.29, 0.717) is 18.0 Å². The van der Waals surface area contributed by atoms with Gasteiger partial charge >= 0.3 is 0 Å². The summed E-state index contributed by atoms with van der Waals surface area (Å²) in [6, 6.07) is 3.55. The molecule has 0 spiro atoms. The highest BCUT2D eigenvalue weighted by atomic mass is 19.1. The molecule has 2 N–H and O–H groups in total. The molecule has 0 bridgehead atoms. The molecule has 0 amide bonds. The Labute approximate surface area is 101 Å². The molecule has 0 aromatic heterocycles. The van der Waals surface area contributed by atoms with Gasteiger partial charge in [-0.2, -0.15) is 0 Å². The monoisotopic (exact) mass is 242 g/mol. The van der Waals surface area contributed by atoms with Crippen LogP contribution in [0, 0.1) is 11.6 Å². The highest BCUT2D eigenvalue weighted by Crippen LogP contribution is 2.17. The van der Waals surface area contributed by atoms with Crippen molar-refractivity contribution in [2.75, 3.05) is 13.6 Å². The van der Waals surface area contributed by atoms with Crippen molar-refractivity contribution >= 4 is 0 Å². The van der Waals surface area contributed by atoms with Crippen molar-refractivity contribution in [2.24, 2.45) is 5.73 Å². The second-order valence-corrected chi connectivity index (χ2v) is 4.67. The molecule has 0 aliphatic rings. The van der Waals surface area contributed by atoms with Crippen LogP contribution in [0.25, 0.3) is 0 Å². The Balaban J connectivity index is 2.60. The first-order valence-electron chi connectivity index (χ1n) is 5.82. The Morgan fingerprint density at radius 2 is 1.71 bits per heavy atom. The standard InChI is InChI=1S/C13H20F2N2/c1-9(2)17(3)5-4-13(16)10-6-11(14)8-12(15)7-10/h6-9,13H,4-5,16H2,1-3H3. The normalized spacial score (nSPS) is 13.4. The number of nitrogens with two attached hydrogens (primary N) is 1. The van der Waals surface area contributed by atoms with Gasteiger partial charge in [0.15, 0.2) is 0 Å². The molecule has 1 aromatic rings. The molecule has 1 aromatic carbocycles. The zero-order chi connectivity index (χ0) is 13.0. The summed E-state index contributed by atoms with van der Waals surface area (Å²) in [7, 11) is 2.00. The molecule has 17 heavy (non-hydrogen) atoms. The largest absolute Gasteiger partial charge is 0.324 e. The lowest BCUT2D eigenvalue weighted by atomic mass is 10.0. The van der Waals surface area contributed by atoms with Gasteiger partial charge in [-0.3, -0.25) is 0 Å². The summed E-state index contributed by atoms with van der Waals surface area (Å²) in [5.41, 5.74) is 6.43. The van der Waals surface area contributed by atoms with Gasteiger partial charge < -0.3 is 10.6 Å². The van der Waals surface area contributed by atoms with Gasteiger partial charge in [-0.15, -0.1) is 0 Å². The highest BCUT2D eigenvalue weighted by molar-refractivity contribution is 5.21. The zero-order valence-electron chi connectivity index (χ0n) is 10.6. The SMILES string of the molecule is CC(C)N(C)CCC(N)c1cc(F)cc(F)c1. The summed E-state index contributed by atoms with van der Waals surface area (Å²) in [6.45, 7) is 4.98. The van der Waals surface area contributed by atoms with E-state index in [0.717, 1.165) is 12.6 Å². The van der Waals surface area contributed by atoms with Gasteiger partial charge in [0, 0.05) is 18.2 Å². The Morgan fingerprint density at radius 3 is 2.18 bits per heavy atom. The Morgan fingerprint density at radius 1 is 1.18 bits per heavy atom. The van der Waals surface area contributed by atoms with Gasteiger partial charge in [-0.25, -0.2) is 8.78 Å². The van der Waals surface area contributed by atoms with Crippen LogP contribution in [0.1, 0.15) is 31.9 Å². The molecule has 96 valence electrons. The van der Waals surface area contributed by atoms with E-state index in [4.69, 9.17) is 5.73 Å². The summed E-state index contributed by atoms with van der Waals surface area (Å²) >= 11 is 0. The molecule has 2 nitrogen and oxygen atoms in total. The molecule has 0 saturated heterocycles. The third kappa shape index (κ3) is 4.40. The van der Waals surface area contributed by atoms with Crippen LogP contribution in [0.15, 0.2) is 18.2 Å². The number of nitrogens with zero attached hydrogens (tertiary/aromatic N) is 1. The third-order valence-electron chi connectivity index (χ3n) is 2.99. The number of hydrogen-bond donors (Lipinski definition) is 1. The van der Waals surface area contributed by atoms with Crippen LogP contribution < -0.4 is 5.73 Å². The van der Waals surface area contributed by atoms with Gasteiger partial charge in [0.2, 0.25) is 0 Å². The van der Waals surface area contributed by atoms with Crippen LogP contribution in [0.2, 0.25) is 0 Å². The molecule has 0 aliphatic carbocycles. The summed E-state index contributed by atoms with van der Waals surface area (Å²) in [4.78, 5) is 2.15. The number of rotatable bonds is 5. The number of benzene rings is 1. The van der Waals surface area contributed by atoms with Crippen LogP contribution in [0.4, 0.5) is 8.78 Å². The smallest absolute Gasteiger partial charge is 0.126 e. The first-order chi connectivity index (χ1) is 7.90. The molecule has 0 aliphatic heterocycles. The van der Waals surface area contributed by atoms with E-state index in [1.54, 1.807) is 0 Å². The third-order valence-corrected chi connectivity index (χ3v) is 2.99. The minimum absolute atomic E-state index is 0.332. The molecule has 0 heterocycles. The first-order valence-corrected chi connectivity index (χ1v) is 5.82. The fraction of sp³-hybridized carbons (Fsp3) is 0.538. The lowest BCUT2D eigenvalue weighted by Gasteiger charge is -2.23. The second kappa shape index (κ2) is 6.07. The summed E-state index contributed by atoms with van der Waals surface area (Å²) in [6.07, 6.45) is 0.678. The van der Waals surface area contributed by atoms with Crippen molar-refractivity contribution in [3.05, 3.63) is 35.4 Å². The van der Waals surface area contributed by atoms with E-state index in [1.165, 1.54) is 12.1 Å². The van der Waals surface area contributed by atoms with E-state index in [-0.39, 0.29) is 6.04 Å². The minimum Gasteiger partial charge on any atom is -0.324 e. The maximum atomic E-state index is 13.0. The van der Waals surface area contributed by atoms with Crippen LogP contribution in [0.3, 0.4) is 0 Å². The zero-order valence-corrected chi connectivity index (χ0v) is 10.6. The average Bonchev–Trinajstić information content (AvgIpc) is 2.23. The van der Waals surface area contributed by atoms with Crippen molar-refractivity contribution in [3.63, 3.8) is 0 Å². The fourth-order valence-corrected chi connectivity index (χ4v) is 1.56. The first kappa shape index (κ1) is 14.1. The van der Waals surface area contributed by atoms with E-state index < -0.39 is 11.6 Å². The van der Waals surface area contributed by atoms with Crippen molar-refractivity contribution < 1.29 is 8.78 Å². The van der Waals surface area contributed by atoms with Crippen molar-refractivity contribution in [3.8, 4) is 0 Å². The van der Waals surface area contributed by atoms with Crippen LogP contribution >= 0.6 is 0 Å². The highest BCUT2D eigenvalue weighted by Gasteiger charge is 2.11. The quantitative estimate of drug-likeness (QED) is 0.860. The van der Waals surface area contributed by atoms with Gasteiger partial charge in [0.25, 0.3) is 0 Å². The fourth-order valence-electron chi connectivity index (χ4n) is 1.56. The van der Waals surface area contributed by atoms with Crippen molar-refractivity contribution in [2.45, 2.75) is 32.4 Å². The summed E-state index contributed by atoms with van der Waals surface area (Å²) in [5.74, 6) is -1.15. The van der Waals surface area contributed by atoms with Gasteiger partial charge in [-0.1, -0.05) is 0 Å². The molecule has 4 heteroatoms. The van der Waals surface area contributed by atoms with E-state index in [9.17, 15) is 8.78 Å². The predicted octanol–water partition coefficient (Wildman–Crippen LogP) is 2.69. The Hall–Kier alpha value is -1.00. The predicted molar refractivity (Wildman–Crippen MR) is 65.7 cm³/mol. The van der Waals surface area contributed by atoms with Gasteiger partial charge in [0.05, 0.1) is 0 Å². The molecule has 1 atom stereocenters. The molecule has 1 unspecified atom stereocenters. The molecule has 0 fully saturated rings. The van der Waals surface area contributed by atoms with E-state index in [1.807, 2.05) is 7.05 Å². The summed E-state index contributed by atoms with van der Waals surface area (Å²) in [5, 5.41) is 0. The van der Waals surface area contributed by atoms with Crippen LogP contribution in [0.5, 0.6) is 0 Å². The maximum Gasteiger partial charge on any atom is 0.126 e. The Kier molecular flexibility index (Phi) is 5.02. The van der Waals surface area contributed by atoms with E-state index >= 15 is 0 Å². The van der Waals surface area contributed by atoms with Gasteiger partial charge in [0.1, 0.15) is 11.6 Å². The van der Waals surface area contributed by atoms with Crippen LogP contribution in [-0.4, -0.2) is 24.5 Å². The van der Waals surface area contributed by atoms with Gasteiger partial charge in [-0.05, 0) is 51.6 Å². The molecule has 0 saturated carbocycles. The number of halogens is 2. The second-order valence-electron chi connectivity index (χ2n) is 4.67. The summed E-state index contributed by atoms with van der Waals surface area (Å²) < 4.78 is 26.0. The topological polar surface area (TPSA) is 29.3 Å². The molecular weight excluding hydrogens is 222 g/mol. The lowest BCUT2D eigenvalue weighted by molar-refractivity contribution is 0.263. The molecule has 0 radical (unpaired) electrons. The van der Waals surface area contributed by atoms with Crippen molar-refractivity contribution in [1.82, 2.24) is 4.90 Å². The number of hydrogen-bond acceptors (Lipinski definition) is 2. The lowest BCUT2D eigenvalue weighted by Crippen LogP contribution is -2.29. The maximum absolute atomic E-state index is 13.0. The van der Waals surface area contributed by atoms with Crippen LogP contribution in [-0.2, 0) is 0 Å².